The van der Waals surface area contributed by atoms with Crippen molar-refractivity contribution in [2.75, 3.05) is 6.54 Å². The number of carbonyl (C=O) groups excluding carboxylic acids is 1. The van der Waals surface area contributed by atoms with Gasteiger partial charge in [0.2, 0.25) is 5.91 Å². The molecule has 1 N–H and O–H groups in total. The molecule has 0 fully saturated rings. The van der Waals surface area contributed by atoms with Crippen LogP contribution in [0.25, 0.3) is 11.4 Å². The number of halogens is 1. The molecule has 1 aliphatic rings. The van der Waals surface area contributed by atoms with E-state index >= 15 is 0 Å². The van der Waals surface area contributed by atoms with Crippen molar-refractivity contribution in [3.63, 3.8) is 0 Å². The van der Waals surface area contributed by atoms with Crippen LogP contribution in [0.1, 0.15) is 37.8 Å². The quantitative estimate of drug-likeness (QED) is 0.794. The molecule has 6 heteroatoms. The van der Waals surface area contributed by atoms with E-state index in [9.17, 15) is 14.0 Å². The summed E-state index contributed by atoms with van der Waals surface area (Å²) in [6.45, 7) is 2.17. The number of hydrogen-bond donors (Lipinski definition) is 1. The number of aromatic nitrogens is 2. The van der Waals surface area contributed by atoms with Crippen LogP contribution in [0.5, 0.6) is 0 Å². The lowest BCUT2D eigenvalue weighted by Gasteiger charge is -2.15. The number of rotatable bonds is 6. The van der Waals surface area contributed by atoms with Gasteiger partial charge < -0.3 is 5.32 Å². The third kappa shape index (κ3) is 5.12. The second-order valence-corrected chi connectivity index (χ2v) is 6.86. The fraction of sp³-hybridized carbons (Fsp3) is 0.381. The molecule has 27 heavy (non-hydrogen) atoms. The lowest BCUT2D eigenvalue weighted by atomic mass is 9.97. The normalized spacial score (nSPS) is 13.9. The number of amides is 1. The highest BCUT2D eigenvalue weighted by molar-refractivity contribution is 5.76. The van der Waals surface area contributed by atoms with Crippen molar-refractivity contribution in [2.24, 2.45) is 0 Å². The number of aryl methyl sites for hydroxylation is 1. The van der Waals surface area contributed by atoms with E-state index in [1.165, 1.54) is 41.2 Å². The van der Waals surface area contributed by atoms with Crippen LogP contribution in [0.15, 0.2) is 46.8 Å². The summed E-state index contributed by atoms with van der Waals surface area (Å²) in [4.78, 5) is 29.2. The van der Waals surface area contributed by atoms with Gasteiger partial charge in [-0.05, 0) is 63.3 Å². The minimum Gasteiger partial charge on any atom is -0.354 e. The van der Waals surface area contributed by atoms with Crippen molar-refractivity contribution in [2.45, 2.75) is 45.6 Å². The molecule has 0 bridgehead atoms. The number of nitrogens with zero attached hydrogens (tertiary/aromatic N) is 2. The van der Waals surface area contributed by atoms with Gasteiger partial charge in [0, 0.05) is 23.9 Å². The molecule has 0 spiro atoms. The summed E-state index contributed by atoms with van der Waals surface area (Å²) < 4.78 is 14.5. The molecule has 1 aliphatic carbocycles. The minimum absolute atomic E-state index is 0.113. The summed E-state index contributed by atoms with van der Waals surface area (Å²) in [6.07, 6.45) is 7.78. The van der Waals surface area contributed by atoms with Gasteiger partial charge in [-0.3, -0.25) is 14.2 Å². The maximum Gasteiger partial charge on any atom is 0.254 e. The number of nitrogens with one attached hydrogen (secondary N) is 1. The Morgan fingerprint density at radius 2 is 2.04 bits per heavy atom. The van der Waals surface area contributed by atoms with Crippen LogP contribution in [0.2, 0.25) is 0 Å². The largest absolute Gasteiger partial charge is 0.354 e. The lowest BCUT2D eigenvalue weighted by Crippen LogP contribution is -2.34. The predicted octanol–water partition coefficient (Wildman–Crippen LogP) is 3.36. The van der Waals surface area contributed by atoms with Crippen LogP contribution in [-0.2, 0) is 11.3 Å². The van der Waals surface area contributed by atoms with Crippen LogP contribution in [0, 0.1) is 12.7 Å². The molecule has 0 aliphatic heterocycles. The first-order valence-corrected chi connectivity index (χ1v) is 9.32. The molecule has 1 aromatic heterocycles. The van der Waals surface area contributed by atoms with Crippen molar-refractivity contribution >= 4 is 5.91 Å². The Hall–Kier alpha value is -2.76. The summed E-state index contributed by atoms with van der Waals surface area (Å²) in [6, 6.07) is 7.13. The average Bonchev–Trinajstić information content (AvgIpc) is 2.65. The van der Waals surface area contributed by atoms with E-state index in [0.29, 0.717) is 23.6 Å². The number of allylic oxidation sites excluding steroid dienone is 1. The van der Waals surface area contributed by atoms with Crippen molar-refractivity contribution < 1.29 is 9.18 Å². The van der Waals surface area contributed by atoms with Crippen LogP contribution in [-0.4, -0.2) is 22.0 Å². The first-order chi connectivity index (χ1) is 13.0. The van der Waals surface area contributed by atoms with E-state index in [0.717, 1.165) is 19.3 Å². The Labute approximate surface area is 157 Å². The van der Waals surface area contributed by atoms with Gasteiger partial charge in [0.15, 0.2) is 0 Å². The lowest BCUT2D eigenvalue weighted by molar-refractivity contribution is -0.121. The first-order valence-electron chi connectivity index (χ1n) is 9.32. The highest BCUT2D eigenvalue weighted by Gasteiger charge is 2.13. The second kappa shape index (κ2) is 8.75. The zero-order valence-electron chi connectivity index (χ0n) is 15.5. The summed E-state index contributed by atoms with van der Waals surface area (Å²) in [7, 11) is 0. The van der Waals surface area contributed by atoms with Gasteiger partial charge in [-0.2, -0.15) is 0 Å². The minimum atomic E-state index is -0.366. The first kappa shape index (κ1) is 19.0. The SMILES string of the molecule is Cc1cc(=O)n(CC(=O)NCCC2=CCCCC2)c(-c2ccc(F)cc2)n1. The topological polar surface area (TPSA) is 64.0 Å². The molecular formula is C21H24FN3O2. The standard InChI is InChI=1S/C21H24FN3O2/c1-15-13-20(27)25(21(24-15)17-7-9-18(22)10-8-17)14-19(26)23-12-11-16-5-3-2-4-6-16/h5,7-10,13H,2-4,6,11-12,14H2,1H3,(H,23,26). The molecule has 1 amide bonds. The van der Waals surface area contributed by atoms with Crippen molar-refractivity contribution in [3.8, 4) is 11.4 Å². The third-order valence-corrected chi connectivity index (χ3v) is 4.69. The number of benzene rings is 1. The van der Waals surface area contributed by atoms with Crippen LogP contribution < -0.4 is 10.9 Å². The molecule has 0 saturated carbocycles. The molecule has 3 rings (SSSR count). The highest BCUT2D eigenvalue weighted by Crippen LogP contribution is 2.19. The fourth-order valence-electron chi connectivity index (χ4n) is 3.29. The van der Waals surface area contributed by atoms with E-state index in [1.807, 2.05) is 0 Å². The molecule has 5 nitrogen and oxygen atoms in total. The number of hydrogen-bond acceptors (Lipinski definition) is 3. The molecule has 0 saturated heterocycles. The maximum atomic E-state index is 13.2. The zero-order valence-corrected chi connectivity index (χ0v) is 15.5. The van der Waals surface area contributed by atoms with Gasteiger partial charge in [-0.15, -0.1) is 0 Å². The Bertz CT molecular complexity index is 901. The van der Waals surface area contributed by atoms with E-state index in [4.69, 9.17) is 0 Å². The summed E-state index contributed by atoms with van der Waals surface area (Å²) in [5.41, 5.74) is 2.24. The Balaban J connectivity index is 1.71. The van der Waals surface area contributed by atoms with Gasteiger partial charge >= 0.3 is 0 Å². The monoisotopic (exact) mass is 369 g/mol. The maximum absolute atomic E-state index is 13.2. The van der Waals surface area contributed by atoms with Crippen molar-refractivity contribution in [1.82, 2.24) is 14.9 Å². The smallest absolute Gasteiger partial charge is 0.254 e. The predicted molar refractivity (Wildman–Crippen MR) is 103 cm³/mol. The number of carbonyl (C=O) groups is 1. The van der Waals surface area contributed by atoms with Crippen LogP contribution in [0.3, 0.4) is 0 Å². The Morgan fingerprint density at radius 1 is 1.26 bits per heavy atom. The van der Waals surface area contributed by atoms with E-state index in [2.05, 4.69) is 16.4 Å². The van der Waals surface area contributed by atoms with E-state index in [1.54, 1.807) is 19.1 Å². The van der Waals surface area contributed by atoms with Crippen molar-refractivity contribution in [3.05, 3.63) is 63.8 Å². The van der Waals surface area contributed by atoms with Gasteiger partial charge in [0.1, 0.15) is 18.2 Å². The molecule has 0 radical (unpaired) electrons. The summed E-state index contributed by atoms with van der Waals surface area (Å²) >= 11 is 0. The van der Waals surface area contributed by atoms with E-state index < -0.39 is 0 Å². The Morgan fingerprint density at radius 3 is 2.74 bits per heavy atom. The molecule has 0 unspecified atom stereocenters. The average molecular weight is 369 g/mol. The zero-order chi connectivity index (χ0) is 19.2. The molecule has 1 aromatic carbocycles. The van der Waals surface area contributed by atoms with Crippen LogP contribution >= 0.6 is 0 Å². The summed E-state index contributed by atoms with van der Waals surface area (Å²) in [5, 5.41) is 2.88. The highest BCUT2D eigenvalue weighted by atomic mass is 19.1. The molecule has 1 heterocycles. The van der Waals surface area contributed by atoms with Crippen LogP contribution in [0.4, 0.5) is 4.39 Å². The second-order valence-electron chi connectivity index (χ2n) is 6.86. The van der Waals surface area contributed by atoms with Gasteiger partial charge in [-0.1, -0.05) is 11.6 Å². The third-order valence-electron chi connectivity index (χ3n) is 4.69. The molecule has 0 atom stereocenters. The van der Waals surface area contributed by atoms with Gasteiger partial charge in [-0.25, -0.2) is 9.37 Å². The van der Waals surface area contributed by atoms with E-state index in [-0.39, 0.29) is 23.8 Å². The summed E-state index contributed by atoms with van der Waals surface area (Å²) in [5.74, 6) is -0.234. The Kier molecular flexibility index (Phi) is 6.16. The molecule has 2 aromatic rings. The fourth-order valence-corrected chi connectivity index (χ4v) is 3.29. The molecular weight excluding hydrogens is 345 g/mol. The molecule has 142 valence electrons. The van der Waals surface area contributed by atoms with Gasteiger partial charge in [0.25, 0.3) is 5.56 Å². The van der Waals surface area contributed by atoms with Crippen molar-refractivity contribution in [1.29, 1.82) is 0 Å². The van der Waals surface area contributed by atoms with Gasteiger partial charge in [0.05, 0.1) is 0 Å².